The Hall–Kier alpha value is -1.20. The third-order valence-corrected chi connectivity index (χ3v) is 3.89. The summed E-state index contributed by atoms with van der Waals surface area (Å²) in [5.74, 6) is 0. The molecule has 18 heavy (non-hydrogen) atoms. The fourth-order valence-electron chi connectivity index (χ4n) is 1.47. The van der Waals surface area contributed by atoms with E-state index in [4.69, 9.17) is 11.6 Å². The van der Waals surface area contributed by atoms with Crippen LogP contribution in [0.4, 0.5) is 10.5 Å². The summed E-state index contributed by atoms with van der Waals surface area (Å²) in [5.41, 5.74) is 0.716. The Balaban J connectivity index is 1.97. The molecule has 0 bridgehead atoms. The maximum Gasteiger partial charge on any atom is 0.327 e. The predicted octanol–water partition coefficient (Wildman–Crippen LogP) is 3.30. The van der Waals surface area contributed by atoms with Crippen LogP contribution in [0.25, 0.3) is 0 Å². The first kappa shape index (κ1) is 13.2. The van der Waals surface area contributed by atoms with Gasteiger partial charge < -0.3 is 5.32 Å². The Morgan fingerprint density at radius 3 is 2.72 bits per heavy atom. The highest BCUT2D eigenvalue weighted by molar-refractivity contribution is 8.14. The van der Waals surface area contributed by atoms with Crippen LogP contribution in [-0.2, 0) is 0 Å². The molecular weight excluding hydrogens is 270 g/mol. The first-order valence-corrected chi connectivity index (χ1v) is 6.83. The molecular formula is C12H14ClN3OS. The Kier molecular flexibility index (Phi) is 4.14. The molecule has 1 aromatic rings. The molecule has 96 valence electrons. The second kappa shape index (κ2) is 5.63. The van der Waals surface area contributed by atoms with Gasteiger partial charge in [0.15, 0.2) is 5.17 Å². The number of amidine groups is 1. The molecule has 6 heteroatoms. The van der Waals surface area contributed by atoms with E-state index in [9.17, 15) is 4.79 Å². The lowest BCUT2D eigenvalue weighted by Gasteiger charge is -2.17. The highest BCUT2D eigenvalue weighted by atomic mass is 35.5. The quantitative estimate of drug-likeness (QED) is 0.859. The summed E-state index contributed by atoms with van der Waals surface area (Å²) in [6, 6.07) is 6.81. The Morgan fingerprint density at radius 1 is 1.50 bits per heavy atom. The minimum absolute atomic E-state index is 0.197. The van der Waals surface area contributed by atoms with Crippen LogP contribution >= 0.6 is 23.4 Å². The number of carbonyl (C=O) groups is 1. The van der Waals surface area contributed by atoms with Crippen molar-refractivity contribution in [2.75, 3.05) is 18.9 Å². The summed E-state index contributed by atoms with van der Waals surface area (Å²) in [7, 11) is 1.72. The van der Waals surface area contributed by atoms with Crippen LogP contribution < -0.4 is 5.32 Å². The van der Waals surface area contributed by atoms with Gasteiger partial charge in [0, 0.05) is 23.0 Å². The summed E-state index contributed by atoms with van der Waals surface area (Å²) in [4.78, 5) is 17.8. The van der Waals surface area contributed by atoms with Crippen molar-refractivity contribution >= 4 is 40.2 Å². The van der Waals surface area contributed by atoms with Gasteiger partial charge in [-0.15, -0.1) is 0 Å². The molecule has 0 spiro atoms. The topological polar surface area (TPSA) is 44.7 Å². The minimum atomic E-state index is -0.197. The van der Waals surface area contributed by atoms with Crippen LogP contribution in [-0.4, -0.2) is 34.9 Å². The molecule has 1 heterocycles. The van der Waals surface area contributed by atoms with Crippen molar-refractivity contribution in [1.29, 1.82) is 0 Å². The highest BCUT2D eigenvalue weighted by Gasteiger charge is 2.22. The summed E-state index contributed by atoms with van der Waals surface area (Å²) < 4.78 is 0. The second-order valence-electron chi connectivity index (χ2n) is 4.05. The van der Waals surface area contributed by atoms with E-state index in [-0.39, 0.29) is 6.03 Å². The molecule has 1 aromatic carbocycles. The predicted molar refractivity (Wildman–Crippen MR) is 77.6 cm³/mol. The molecule has 2 amide bonds. The third-order valence-electron chi connectivity index (χ3n) is 2.48. The van der Waals surface area contributed by atoms with Crippen LogP contribution in [0.3, 0.4) is 0 Å². The zero-order valence-corrected chi connectivity index (χ0v) is 11.8. The molecule has 1 aliphatic rings. The number of thioether (sulfide) groups is 1. The number of anilines is 1. The van der Waals surface area contributed by atoms with E-state index in [1.807, 2.05) is 0 Å². The zero-order chi connectivity index (χ0) is 13.1. The number of hydrogen-bond donors (Lipinski definition) is 1. The molecule has 0 aliphatic carbocycles. The Labute approximate surface area is 115 Å². The smallest absolute Gasteiger partial charge is 0.307 e. The molecule has 0 fully saturated rings. The SMILES string of the molecule is C[C@@H]1CN=C(N(C)C(=O)Nc2ccc(Cl)cc2)S1. The summed E-state index contributed by atoms with van der Waals surface area (Å²) >= 11 is 7.39. The average molecular weight is 284 g/mol. The fraction of sp³-hybridized carbons (Fsp3) is 0.333. The molecule has 0 unspecified atom stereocenters. The van der Waals surface area contributed by atoms with Gasteiger partial charge in [-0.05, 0) is 24.3 Å². The number of amides is 2. The largest absolute Gasteiger partial charge is 0.327 e. The van der Waals surface area contributed by atoms with Gasteiger partial charge in [0.25, 0.3) is 0 Å². The summed E-state index contributed by atoms with van der Waals surface area (Å²) in [5, 5.41) is 4.63. The number of urea groups is 1. The molecule has 0 radical (unpaired) electrons. The van der Waals surface area contributed by atoms with E-state index in [1.165, 1.54) is 4.90 Å². The van der Waals surface area contributed by atoms with Crippen molar-refractivity contribution in [3.63, 3.8) is 0 Å². The second-order valence-corrected chi connectivity index (χ2v) is 5.89. The number of nitrogens with one attached hydrogen (secondary N) is 1. The Bertz CT molecular complexity index is 475. The minimum Gasteiger partial charge on any atom is -0.307 e. The number of aliphatic imine (C=N–C) groups is 1. The van der Waals surface area contributed by atoms with Crippen molar-refractivity contribution in [2.45, 2.75) is 12.2 Å². The van der Waals surface area contributed by atoms with E-state index in [0.717, 1.165) is 11.7 Å². The molecule has 4 nitrogen and oxygen atoms in total. The maximum absolute atomic E-state index is 12.0. The van der Waals surface area contributed by atoms with E-state index in [1.54, 1.807) is 43.1 Å². The van der Waals surface area contributed by atoms with Crippen molar-refractivity contribution in [3.05, 3.63) is 29.3 Å². The van der Waals surface area contributed by atoms with Crippen LogP contribution in [0.5, 0.6) is 0 Å². The molecule has 0 saturated carbocycles. The highest BCUT2D eigenvalue weighted by Crippen LogP contribution is 2.22. The first-order valence-electron chi connectivity index (χ1n) is 5.57. The normalized spacial score (nSPS) is 18.4. The van der Waals surface area contributed by atoms with Crippen molar-refractivity contribution in [1.82, 2.24) is 4.90 Å². The van der Waals surface area contributed by atoms with Crippen LogP contribution in [0.1, 0.15) is 6.92 Å². The lowest BCUT2D eigenvalue weighted by molar-refractivity contribution is 0.239. The van der Waals surface area contributed by atoms with Crippen LogP contribution in [0, 0.1) is 0 Å². The van der Waals surface area contributed by atoms with Gasteiger partial charge in [0.1, 0.15) is 0 Å². The molecule has 1 N–H and O–H groups in total. The van der Waals surface area contributed by atoms with E-state index in [0.29, 0.717) is 16.0 Å². The lowest BCUT2D eigenvalue weighted by Crippen LogP contribution is -2.34. The van der Waals surface area contributed by atoms with Crippen molar-refractivity contribution in [3.8, 4) is 0 Å². The average Bonchev–Trinajstić information content (AvgIpc) is 2.78. The maximum atomic E-state index is 12.0. The number of benzene rings is 1. The van der Waals surface area contributed by atoms with Gasteiger partial charge >= 0.3 is 6.03 Å². The monoisotopic (exact) mass is 283 g/mol. The van der Waals surface area contributed by atoms with E-state index in [2.05, 4.69) is 17.2 Å². The molecule has 2 rings (SSSR count). The van der Waals surface area contributed by atoms with Gasteiger partial charge in [-0.2, -0.15) is 0 Å². The van der Waals surface area contributed by atoms with Crippen LogP contribution in [0.2, 0.25) is 5.02 Å². The third kappa shape index (κ3) is 3.17. The fourth-order valence-corrected chi connectivity index (χ4v) is 2.50. The number of carbonyl (C=O) groups excluding carboxylic acids is 1. The summed E-state index contributed by atoms with van der Waals surface area (Å²) in [6.45, 7) is 2.85. The lowest BCUT2D eigenvalue weighted by atomic mass is 10.3. The molecule has 1 aliphatic heterocycles. The zero-order valence-electron chi connectivity index (χ0n) is 10.2. The van der Waals surface area contributed by atoms with Gasteiger partial charge in [0.05, 0.1) is 6.54 Å². The molecule has 0 aromatic heterocycles. The van der Waals surface area contributed by atoms with Crippen molar-refractivity contribution in [2.24, 2.45) is 4.99 Å². The van der Waals surface area contributed by atoms with Crippen molar-refractivity contribution < 1.29 is 4.79 Å². The van der Waals surface area contributed by atoms with Gasteiger partial charge in [0.2, 0.25) is 0 Å². The molecule has 1 atom stereocenters. The first-order chi connectivity index (χ1) is 8.56. The molecule has 0 saturated heterocycles. The Morgan fingerprint density at radius 2 is 2.17 bits per heavy atom. The van der Waals surface area contributed by atoms with E-state index >= 15 is 0 Å². The van der Waals surface area contributed by atoms with Gasteiger partial charge in [-0.3, -0.25) is 9.89 Å². The standard InChI is InChI=1S/C12H14ClN3OS/c1-8-7-14-12(18-8)16(2)11(17)15-10-5-3-9(13)4-6-10/h3-6,8H,7H2,1-2H3,(H,15,17)/t8-/m1/s1. The van der Waals surface area contributed by atoms with E-state index < -0.39 is 0 Å². The summed E-state index contributed by atoms with van der Waals surface area (Å²) in [6.07, 6.45) is 0. The number of halogens is 1. The number of hydrogen-bond acceptors (Lipinski definition) is 3. The van der Waals surface area contributed by atoms with Gasteiger partial charge in [-0.1, -0.05) is 30.3 Å². The van der Waals surface area contributed by atoms with Gasteiger partial charge in [-0.25, -0.2) is 4.79 Å². The van der Waals surface area contributed by atoms with Crippen LogP contribution in [0.15, 0.2) is 29.3 Å². The number of rotatable bonds is 1. The number of nitrogens with zero attached hydrogens (tertiary/aromatic N) is 2.